The molecule has 4 rings (SSSR count). The minimum Gasteiger partial charge on any atom is -0.480 e. The Balaban J connectivity index is 1.53. The van der Waals surface area contributed by atoms with Crippen LogP contribution < -0.4 is 10.6 Å². The van der Waals surface area contributed by atoms with E-state index >= 15 is 0 Å². The Kier molecular flexibility index (Phi) is 5.05. The number of benzene rings is 1. The molecule has 1 aromatic rings. The average molecular weight is 413 g/mol. The lowest BCUT2D eigenvalue weighted by Gasteiger charge is -2.34. The van der Waals surface area contributed by atoms with Gasteiger partial charge in [-0.25, -0.2) is 4.79 Å². The highest BCUT2D eigenvalue weighted by Gasteiger charge is 2.42. The number of carboxylic acids is 1. The van der Waals surface area contributed by atoms with Crippen LogP contribution in [-0.2, 0) is 20.9 Å². The largest absolute Gasteiger partial charge is 0.480 e. The molecule has 3 aliphatic rings. The molecule has 9 heteroatoms. The van der Waals surface area contributed by atoms with Gasteiger partial charge in [0.25, 0.3) is 11.8 Å². The molecule has 0 radical (unpaired) electrons. The summed E-state index contributed by atoms with van der Waals surface area (Å²) in [5, 5.41) is 14.6. The Morgan fingerprint density at radius 2 is 1.87 bits per heavy atom. The molecule has 1 aromatic carbocycles. The number of carboxylic acid groups (broad SMARTS) is 1. The van der Waals surface area contributed by atoms with E-state index in [1.807, 2.05) is 0 Å². The number of hydrogen-bond acceptors (Lipinski definition) is 5. The van der Waals surface area contributed by atoms with Crippen molar-refractivity contribution in [1.29, 1.82) is 0 Å². The quantitative estimate of drug-likeness (QED) is 0.630. The summed E-state index contributed by atoms with van der Waals surface area (Å²) in [6.45, 7) is 0.224. The fourth-order valence-corrected chi connectivity index (χ4v) is 4.53. The molecule has 1 unspecified atom stereocenters. The molecule has 2 aliphatic heterocycles. The zero-order valence-electron chi connectivity index (χ0n) is 16.4. The van der Waals surface area contributed by atoms with Gasteiger partial charge in [0, 0.05) is 24.1 Å². The number of rotatable bonds is 4. The van der Waals surface area contributed by atoms with E-state index in [9.17, 15) is 29.1 Å². The lowest BCUT2D eigenvalue weighted by molar-refractivity contribution is -0.146. The molecule has 0 bridgehead atoms. The fraction of sp³-hybridized carbons (Fsp3) is 0.476. The Bertz CT molecular complexity index is 950. The SMILES string of the molecule is O=C1CCC(N2Cc3ccc(C(=O)NC4(C(=O)O)CCCCC4)cc3C2=O)C(=O)N1. The molecule has 1 saturated heterocycles. The van der Waals surface area contributed by atoms with Gasteiger partial charge in [-0.05, 0) is 37.0 Å². The summed E-state index contributed by atoms with van der Waals surface area (Å²) in [6, 6.07) is 3.95. The van der Waals surface area contributed by atoms with Crippen molar-refractivity contribution >= 4 is 29.6 Å². The van der Waals surface area contributed by atoms with Crippen molar-refractivity contribution in [3.8, 4) is 0 Å². The van der Waals surface area contributed by atoms with Crippen molar-refractivity contribution in [2.45, 2.75) is 63.1 Å². The van der Waals surface area contributed by atoms with Gasteiger partial charge >= 0.3 is 5.97 Å². The van der Waals surface area contributed by atoms with Crippen LogP contribution in [0.25, 0.3) is 0 Å². The molecule has 30 heavy (non-hydrogen) atoms. The van der Waals surface area contributed by atoms with Crippen molar-refractivity contribution < 1.29 is 29.1 Å². The average Bonchev–Trinajstić information content (AvgIpc) is 3.04. The third-order valence-corrected chi connectivity index (χ3v) is 6.26. The van der Waals surface area contributed by atoms with Gasteiger partial charge in [0.2, 0.25) is 11.8 Å². The van der Waals surface area contributed by atoms with Gasteiger partial charge in [0.15, 0.2) is 0 Å². The summed E-state index contributed by atoms with van der Waals surface area (Å²) in [6.07, 6.45) is 3.59. The lowest BCUT2D eigenvalue weighted by Crippen LogP contribution is -2.55. The fourth-order valence-electron chi connectivity index (χ4n) is 4.53. The standard InChI is InChI=1S/C21H23N3O6/c25-16-7-6-15(18(27)22-16)24-11-13-5-4-12(10-14(13)19(24)28)17(26)23-21(20(29)30)8-2-1-3-9-21/h4-5,10,15H,1-3,6-9,11H2,(H,23,26)(H,29,30)(H,22,25,27). The predicted octanol–water partition coefficient (Wildman–Crippen LogP) is 0.965. The zero-order valence-corrected chi connectivity index (χ0v) is 16.4. The Morgan fingerprint density at radius 1 is 1.13 bits per heavy atom. The van der Waals surface area contributed by atoms with E-state index in [2.05, 4.69) is 10.6 Å². The van der Waals surface area contributed by atoms with Crippen LogP contribution in [0.1, 0.15) is 71.2 Å². The van der Waals surface area contributed by atoms with Gasteiger partial charge in [-0.3, -0.25) is 24.5 Å². The highest BCUT2D eigenvalue weighted by molar-refractivity contribution is 6.07. The number of imide groups is 1. The molecule has 9 nitrogen and oxygen atoms in total. The highest BCUT2D eigenvalue weighted by Crippen LogP contribution is 2.31. The van der Waals surface area contributed by atoms with E-state index < -0.39 is 29.4 Å². The summed E-state index contributed by atoms with van der Waals surface area (Å²) in [4.78, 5) is 62.4. The molecule has 1 aliphatic carbocycles. The van der Waals surface area contributed by atoms with Crippen molar-refractivity contribution in [1.82, 2.24) is 15.5 Å². The zero-order chi connectivity index (χ0) is 21.5. The normalized spacial score (nSPS) is 23.0. The van der Waals surface area contributed by atoms with Crippen LogP contribution in [0.3, 0.4) is 0 Å². The van der Waals surface area contributed by atoms with E-state index in [4.69, 9.17) is 0 Å². The molecular formula is C21H23N3O6. The van der Waals surface area contributed by atoms with Gasteiger partial charge in [0.05, 0.1) is 0 Å². The first-order chi connectivity index (χ1) is 14.3. The van der Waals surface area contributed by atoms with E-state index in [1.54, 1.807) is 12.1 Å². The number of carbonyl (C=O) groups is 5. The van der Waals surface area contributed by atoms with Crippen LogP contribution in [-0.4, -0.2) is 51.2 Å². The van der Waals surface area contributed by atoms with E-state index in [1.165, 1.54) is 11.0 Å². The van der Waals surface area contributed by atoms with Gasteiger partial charge in [0.1, 0.15) is 11.6 Å². The van der Waals surface area contributed by atoms with Gasteiger partial charge in [-0.1, -0.05) is 25.3 Å². The second-order valence-electron chi connectivity index (χ2n) is 8.17. The summed E-state index contributed by atoms with van der Waals surface area (Å²) in [7, 11) is 0. The smallest absolute Gasteiger partial charge is 0.329 e. The summed E-state index contributed by atoms with van der Waals surface area (Å²) in [5.74, 6) is -2.80. The van der Waals surface area contributed by atoms with Crippen molar-refractivity contribution in [2.75, 3.05) is 0 Å². The van der Waals surface area contributed by atoms with E-state index in [-0.39, 0.29) is 36.8 Å². The molecule has 3 N–H and O–H groups in total. The second kappa shape index (κ2) is 7.55. The van der Waals surface area contributed by atoms with Crippen LogP contribution >= 0.6 is 0 Å². The number of nitrogens with one attached hydrogen (secondary N) is 2. The topological polar surface area (TPSA) is 133 Å². The number of fused-ring (bicyclic) bond motifs is 1. The Morgan fingerprint density at radius 3 is 2.53 bits per heavy atom. The van der Waals surface area contributed by atoms with Crippen LogP contribution in [0.2, 0.25) is 0 Å². The van der Waals surface area contributed by atoms with Crippen molar-refractivity contribution in [2.24, 2.45) is 0 Å². The maximum absolute atomic E-state index is 12.9. The number of amides is 4. The third-order valence-electron chi connectivity index (χ3n) is 6.26. The highest BCUT2D eigenvalue weighted by atomic mass is 16.4. The maximum atomic E-state index is 12.9. The molecule has 2 fully saturated rings. The molecule has 1 saturated carbocycles. The van der Waals surface area contributed by atoms with Crippen LogP contribution in [0, 0.1) is 0 Å². The van der Waals surface area contributed by atoms with Crippen LogP contribution in [0.5, 0.6) is 0 Å². The predicted molar refractivity (Wildman–Crippen MR) is 103 cm³/mol. The number of piperidine rings is 1. The minimum atomic E-state index is -1.28. The molecular weight excluding hydrogens is 390 g/mol. The van der Waals surface area contributed by atoms with Crippen molar-refractivity contribution in [3.63, 3.8) is 0 Å². The maximum Gasteiger partial charge on any atom is 0.329 e. The first-order valence-electron chi connectivity index (χ1n) is 10.1. The van der Waals surface area contributed by atoms with Crippen LogP contribution in [0.15, 0.2) is 18.2 Å². The molecule has 0 spiro atoms. The van der Waals surface area contributed by atoms with Gasteiger partial charge in [-0.2, -0.15) is 0 Å². The minimum absolute atomic E-state index is 0.168. The Labute approximate surface area is 172 Å². The number of carbonyl (C=O) groups excluding carboxylic acids is 4. The molecule has 1 atom stereocenters. The lowest BCUT2D eigenvalue weighted by atomic mass is 9.81. The summed E-state index contributed by atoms with van der Waals surface area (Å²) in [5.41, 5.74) is -0.0671. The molecule has 158 valence electrons. The van der Waals surface area contributed by atoms with Gasteiger partial charge < -0.3 is 15.3 Å². The molecule has 0 aromatic heterocycles. The second-order valence-corrected chi connectivity index (χ2v) is 8.17. The van der Waals surface area contributed by atoms with E-state index in [0.717, 1.165) is 19.3 Å². The Hall–Kier alpha value is -3.23. The summed E-state index contributed by atoms with van der Waals surface area (Å²) < 4.78 is 0. The first kappa shape index (κ1) is 20.1. The van der Waals surface area contributed by atoms with Crippen LogP contribution in [0.4, 0.5) is 0 Å². The van der Waals surface area contributed by atoms with Crippen molar-refractivity contribution in [3.05, 3.63) is 34.9 Å². The number of nitrogens with zero attached hydrogens (tertiary/aromatic N) is 1. The molecule has 2 heterocycles. The third kappa shape index (κ3) is 3.44. The van der Waals surface area contributed by atoms with E-state index in [0.29, 0.717) is 24.0 Å². The monoisotopic (exact) mass is 413 g/mol. The number of hydrogen-bond donors (Lipinski definition) is 3. The first-order valence-corrected chi connectivity index (χ1v) is 10.1. The summed E-state index contributed by atoms with van der Waals surface area (Å²) >= 11 is 0. The molecule has 4 amide bonds. The number of aliphatic carboxylic acids is 1. The van der Waals surface area contributed by atoms with Gasteiger partial charge in [-0.15, -0.1) is 0 Å².